The van der Waals surface area contributed by atoms with Crippen LogP contribution in [-0.4, -0.2) is 10.1 Å². The molecular formula is C12H8Br2FNO2. The van der Waals surface area contributed by atoms with Gasteiger partial charge in [-0.1, -0.05) is 15.9 Å². The van der Waals surface area contributed by atoms with Crippen LogP contribution in [0, 0.1) is 5.82 Å². The molecular weight excluding hydrogens is 369 g/mol. The number of aromatic nitrogens is 1. The zero-order valence-electron chi connectivity index (χ0n) is 9.03. The minimum absolute atomic E-state index is 0.210. The lowest BCUT2D eigenvalue weighted by molar-refractivity contribution is 0.275. The molecule has 3 nitrogen and oxygen atoms in total. The van der Waals surface area contributed by atoms with Gasteiger partial charge in [-0.2, -0.15) is 0 Å². The van der Waals surface area contributed by atoms with Crippen LogP contribution in [-0.2, 0) is 6.61 Å². The number of nitrogens with zero attached hydrogens (tertiary/aromatic N) is 1. The SMILES string of the molecule is OCc1cc(Br)cnc1Oc1cc(F)cc(Br)c1. The maximum absolute atomic E-state index is 13.2. The molecule has 0 aliphatic carbocycles. The lowest BCUT2D eigenvalue weighted by Crippen LogP contribution is -1.95. The third-order valence-electron chi connectivity index (χ3n) is 2.11. The van der Waals surface area contributed by atoms with E-state index in [9.17, 15) is 9.50 Å². The average molecular weight is 377 g/mol. The van der Waals surface area contributed by atoms with E-state index in [0.29, 0.717) is 15.8 Å². The number of halogens is 3. The van der Waals surface area contributed by atoms with Crippen molar-refractivity contribution in [3.05, 3.63) is 50.8 Å². The molecule has 0 spiro atoms. The molecule has 94 valence electrons. The van der Waals surface area contributed by atoms with Crippen molar-refractivity contribution in [3.8, 4) is 11.6 Å². The normalized spacial score (nSPS) is 10.4. The molecule has 0 unspecified atom stereocenters. The Labute approximate surface area is 120 Å². The average Bonchev–Trinajstić information content (AvgIpc) is 2.30. The Bertz CT molecular complexity index is 558. The predicted octanol–water partition coefficient (Wildman–Crippen LogP) is 4.03. The molecule has 18 heavy (non-hydrogen) atoms. The number of hydrogen-bond donors (Lipinski definition) is 1. The lowest BCUT2D eigenvalue weighted by atomic mass is 10.3. The van der Waals surface area contributed by atoms with E-state index in [1.807, 2.05) is 0 Å². The summed E-state index contributed by atoms with van der Waals surface area (Å²) in [6.45, 7) is -0.210. The first-order valence-corrected chi connectivity index (χ1v) is 6.56. The van der Waals surface area contributed by atoms with Crippen LogP contribution in [0.2, 0.25) is 0 Å². The van der Waals surface area contributed by atoms with Gasteiger partial charge in [-0.3, -0.25) is 0 Å². The van der Waals surface area contributed by atoms with E-state index in [1.165, 1.54) is 12.1 Å². The van der Waals surface area contributed by atoms with Crippen molar-refractivity contribution >= 4 is 31.9 Å². The van der Waals surface area contributed by atoms with Gasteiger partial charge in [0.25, 0.3) is 0 Å². The summed E-state index contributed by atoms with van der Waals surface area (Å²) < 4.78 is 20.0. The summed E-state index contributed by atoms with van der Waals surface area (Å²) in [7, 11) is 0. The smallest absolute Gasteiger partial charge is 0.224 e. The first kappa shape index (κ1) is 13.5. The lowest BCUT2D eigenvalue weighted by Gasteiger charge is -2.09. The van der Waals surface area contributed by atoms with Crippen molar-refractivity contribution in [3.63, 3.8) is 0 Å². The van der Waals surface area contributed by atoms with Crippen molar-refractivity contribution < 1.29 is 14.2 Å². The van der Waals surface area contributed by atoms with Crippen LogP contribution in [0.25, 0.3) is 0 Å². The Kier molecular flexibility index (Phi) is 4.31. The van der Waals surface area contributed by atoms with Crippen molar-refractivity contribution in [2.24, 2.45) is 0 Å². The van der Waals surface area contributed by atoms with Crippen LogP contribution in [0.3, 0.4) is 0 Å². The molecule has 1 N–H and O–H groups in total. The van der Waals surface area contributed by atoms with Gasteiger partial charge in [-0.05, 0) is 34.1 Å². The van der Waals surface area contributed by atoms with E-state index < -0.39 is 5.82 Å². The van der Waals surface area contributed by atoms with E-state index in [0.717, 1.165) is 4.47 Å². The Hall–Kier alpha value is -0.980. The molecule has 2 aromatic rings. The van der Waals surface area contributed by atoms with Crippen molar-refractivity contribution in [2.75, 3.05) is 0 Å². The third kappa shape index (κ3) is 3.28. The molecule has 0 fully saturated rings. The van der Waals surface area contributed by atoms with Gasteiger partial charge in [0.05, 0.1) is 6.61 Å². The zero-order chi connectivity index (χ0) is 13.1. The summed E-state index contributed by atoms with van der Waals surface area (Å²) in [6, 6.07) is 5.88. The van der Waals surface area contributed by atoms with E-state index in [2.05, 4.69) is 36.8 Å². The Morgan fingerprint density at radius 1 is 1.17 bits per heavy atom. The van der Waals surface area contributed by atoms with Crippen LogP contribution in [0.15, 0.2) is 39.4 Å². The van der Waals surface area contributed by atoms with Gasteiger partial charge in [0.2, 0.25) is 5.88 Å². The minimum Gasteiger partial charge on any atom is -0.439 e. The molecule has 6 heteroatoms. The van der Waals surface area contributed by atoms with Crippen LogP contribution < -0.4 is 4.74 Å². The van der Waals surface area contributed by atoms with Crippen molar-refractivity contribution in [1.29, 1.82) is 0 Å². The van der Waals surface area contributed by atoms with Crippen LogP contribution in [0.4, 0.5) is 4.39 Å². The molecule has 0 aliphatic heterocycles. The van der Waals surface area contributed by atoms with E-state index in [1.54, 1.807) is 18.3 Å². The molecule has 0 saturated heterocycles. The van der Waals surface area contributed by atoms with Gasteiger partial charge in [0.1, 0.15) is 11.6 Å². The predicted molar refractivity (Wildman–Crippen MR) is 72.0 cm³/mol. The number of pyridine rings is 1. The fourth-order valence-corrected chi connectivity index (χ4v) is 2.20. The van der Waals surface area contributed by atoms with Gasteiger partial charge in [-0.25, -0.2) is 9.37 Å². The highest BCUT2D eigenvalue weighted by Gasteiger charge is 2.08. The van der Waals surface area contributed by atoms with Crippen molar-refractivity contribution in [2.45, 2.75) is 6.61 Å². The Morgan fingerprint density at radius 2 is 1.94 bits per heavy atom. The molecule has 0 saturated carbocycles. The molecule has 0 bridgehead atoms. The van der Waals surface area contributed by atoms with Gasteiger partial charge in [-0.15, -0.1) is 0 Å². The number of rotatable bonds is 3. The maximum Gasteiger partial charge on any atom is 0.224 e. The molecule has 0 amide bonds. The molecule has 2 rings (SSSR count). The number of benzene rings is 1. The summed E-state index contributed by atoms with van der Waals surface area (Å²) in [5.41, 5.74) is 0.518. The molecule has 1 aromatic heterocycles. The molecule has 1 heterocycles. The minimum atomic E-state index is -0.415. The summed E-state index contributed by atoms with van der Waals surface area (Å²) in [6.07, 6.45) is 1.54. The number of aliphatic hydroxyl groups excluding tert-OH is 1. The summed E-state index contributed by atoms with van der Waals surface area (Å²) in [5.74, 6) is 0.145. The highest BCUT2D eigenvalue weighted by atomic mass is 79.9. The molecule has 1 aromatic carbocycles. The van der Waals surface area contributed by atoms with Gasteiger partial charge in [0.15, 0.2) is 0 Å². The number of ether oxygens (including phenoxy) is 1. The molecule has 0 aliphatic rings. The van der Waals surface area contributed by atoms with Gasteiger partial charge >= 0.3 is 0 Å². The van der Waals surface area contributed by atoms with E-state index in [4.69, 9.17) is 4.74 Å². The Morgan fingerprint density at radius 3 is 2.61 bits per heavy atom. The molecule has 0 atom stereocenters. The van der Waals surface area contributed by atoms with Gasteiger partial charge in [0, 0.05) is 26.8 Å². The molecule has 0 radical (unpaired) electrons. The second-order valence-corrected chi connectivity index (χ2v) is 5.31. The highest BCUT2D eigenvalue weighted by molar-refractivity contribution is 9.10. The monoisotopic (exact) mass is 375 g/mol. The number of hydrogen-bond acceptors (Lipinski definition) is 3. The third-order valence-corrected chi connectivity index (χ3v) is 3.00. The second-order valence-electron chi connectivity index (χ2n) is 3.48. The topological polar surface area (TPSA) is 42.4 Å². The second kappa shape index (κ2) is 5.77. The fraction of sp³-hybridized carbons (Fsp3) is 0.0833. The number of aliphatic hydroxyl groups is 1. The van der Waals surface area contributed by atoms with Crippen LogP contribution in [0.5, 0.6) is 11.6 Å². The summed E-state index contributed by atoms with van der Waals surface area (Å²) in [5, 5.41) is 9.21. The zero-order valence-corrected chi connectivity index (χ0v) is 12.2. The standard InChI is InChI=1S/C12H8Br2FNO2/c13-8-2-10(15)4-11(3-8)18-12-7(6-17)1-9(14)5-16-12/h1-5,17H,6H2. The van der Waals surface area contributed by atoms with E-state index in [-0.39, 0.29) is 12.5 Å². The maximum atomic E-state index is 13.2. The first-order chi connectivity index (χ1) is 8.58. The van der Waals surface area contributed by atoms with Gasteiger partial charge < -0.3 is 9.84 Å². The largest absolute Gasteiger partial charge is 0.439 e. The first-order valence-electron chi connectivity index (χ1n) is 4.97. The fourth-order valence-electron chi connectivity index (χ4n) is 1.37. The van der Waals surface area contributed by atoms with Crippen LogP contribution >= 0.6 is 31.9 Å². The summed E-state index contributed by atoms with van der Waals surface area (Å²) >= 11 is 6.43. The Balaban J connectivity index is 2.33. The van der Waals surface area contributed by atoms with Crippen LogP contribution in [0.1, 0.15) is 5.56 Å². The highest BCUT2D eigenvalue weighted by Crippen LogP contribution is 2.28. The quantitative estimate of drug-likeness (QED) is 0.879. The van der Waals surface area contributed by atoms with Crippen molar-refractivity contribution in [1.82, 2.24) is 4.98 Å². The van der Waals surface area contributed by atoms with E-state index >= 15 is 0 Å². The summed E-state index contributed by atoms with van der Waals surface area (Å²) in [4.78, 5) is 4.04.